The van der Waals surface area contributed by atoms with Crippen molar-refractivity contribution in [3.05, 3.63) is 61.1 Å². The van der Waals surface area contributed by atoms with Crippen molar-refractivity contribution in [2.24, 2.45) is 0 Å². The van der Waals surface area contributed by atoms with Gasteiger partial charge in [0.2, 0.25) is 0 Å². The third-order valence-corrected chi connectivity index (χ3v) is 4.89. The molecule has 100 valence electrons. The van der Waals surface area contributed by atoms with E-state index >= 15 is 0 Å². The van der Waals surface area contributed by atoms with Gasteiger partial charge in [0.15, 0.2) is 9.84 Å². The topological polar surface area (TPSA) is 63.6 Å². The highest BCUT2D eigenvalue weighted by Gasteiger charge is 2.26. The standard InChI is InChI=1S/C14H14O4S/c1-2-18-12-5-9-14(10-6-12)19(16,17)13-7-3-11(15)4-8-13/h2-7,9-10,13,15H,1,8H2. The summed E-state index contributed by atoms with van der Waals surface area (Å²) in [6, 6.07) is 6.16. The average Bonchev–Trinajstić information content (AvgIpc) is 2.40. The van der Waals surface area contributed by atoms with E-state index in [-0.39, 0.29) is 17.1 Å². The predicted molar refractivity (Wildman–Crippen MR) is 72.7 cm³/mol. The van der Waals surface area contributed by atoms with E-state index in [0.29, 0.717) is 5.75 Å². The molecule has 1 atom stereocenters. The quantitative estimate of drug-likeness (QED) is 0.860. The molecule has 1 aromatic rings. The summed E-state index contributed by atoms with van der Waals surface area (Å²) >= 11 is 0. The van der Waals surface area contributed by atoms with Gasteiger partial charge in [0.1, 0.15) is 11.5 Å². The molecule has 2 rings (SSSR count). The van der Waals surface area contributed by atoms with Crippen LogP contribution in [0.15, 0.2) is 66.0 Å². The Morgan fingerprint density at radius 1 is 1.32 bits per heavy atom. The van der Waals surface area contributed by atoms with Crippen molar-refractivity contribution in [2.75, 3.05) is 0 Å². The third-order valence-electron chi connectivity index (χ3n) is 2.81. The Labute approximate surface area is 112 Å². The van der Waals surface area contributed by atoms with Crippen LogP contribution in [0.2, 0.25) is 0 Å². The van der Waals surface area contributed by atoms with Crippen LogP contribution in [0.3, 0.4) is 0 Å². The van der Waals surface area contributed by atoms with E-state index in [1.165, 1.54) is 36.6 Å². The number of allylic oxidation sites excluding steroid dienone is 2. The molecule has 1 unspecified atom stereocenters. The van der Waals surface area contributed by atoms with Crippen molar-refractivity contribution in [3.8, 4) is 5.75 Å². The van der Waals surface area contributed by atoms with Crippen LogP contribution in [-0.4, -0.2) is 18.8 Å². The van der Waals surface area contributed by atoms with E-state index in [4.69, 9.17) is 4.74 Å². The summed E-state index contributed by atoms with van der Waals surface area (Å²) in [5.74, 6) is 0.631. The van der Waals surface area contributed by atoms with Crippen molar-refractivity contribution in [1.29, 1.82) is 0 Å². The normalized spacial score (nSPS) is 18.7. The molecule has 0 radical (unpaired) electrons. The highest BCUT2D eigenvalue weighted by molar-refractivity contribution is 7.92. The zero-order valence-corrected chi connectivity index (χ0v) is 11.0. The monoisotopic (exact) mass is 278 g/mol. The van der Waals surface area contributed by atoms with Crippen molar-refractivity contribution in [2.45, 2.75) is 16.6 Å². The molecule has 5 heteroatoms. The highest BCUT2D eigenvalue weighted by atomic mass is 32.2. The maximum Gasteiger partial charge on any atom is 0.185 e. The number of sulfone groups is 1. The Morgan fingerprint density at radius 3 is 2.53 bits per heavy atom. The zero-order chi connectivity index (χ0) is 13.9. The van der Waals surface area contributed by atoms with Gasteiger partial charge in [0, 0.05) is 0 Å². The van der Waals surface area contributed by atoms with Crippen molar-refractivity contribution < 1.29 is 18.3 Å². The number of benzene rings is 1. The van der Waals surface area contributed by atoms with Crippen LogP contribution < -0.4 is 4.74 Å². The Kier molecular flexibility index (Phi) is 3.76. The van der Waals surface area contributed by atoms with Gasteiger partial charge in [0.05, 0.1) is 16.4 Å². The lowest BCUT2D eigenvalue weighted by molar-refractivity contribution is 0.426. The summed E-state index contributed by atoms with van der Waals surface area (Å²) < 4.78 is 29.7. The fraction of sp³-hybridized carbons (Fsp3) is 0.143. The molecule has 1 aromatic carbocycles. The molecule has 19 heavy (non-hydrogen) atoms. The molecule has 0 bridgehead atoms. The minimum Gasteiger partial charge on any atom is -0.508 e. The molecular formula is C14H14O4S. The first-order valence-electron chi connectivity index (χ1n) is 5.73. The average molecular weight is 278 g/mol. The molecule has 0 fully saturated rings. The lowest BCUT2D eigenvalue weighted by Crippen LogP contribution is -2.20. The van der Waals surface area contributed by atoms with Crippen molar-refractivity contribution >= 4 is 9.84 Å². The molecule has 4 nitrogen and oxygen atoms in total. The molecule has 0 aromatic heterocycles. The third kappa shape index (κ3) is 2.88. The molecule has 0 heterocycles. The second-order valence-corrected chi connectivity index (χ2v) is 6.23. The lowest BCUT2D eigenvalue weighted by atomic mass is 10.2. The molecular weight excluding hydrogens is 264 g/mol. The Hall–Kier alpha value is -2.01. The van der Waals surface area contributed by atoms with Crippen LogP contribution in [-0.2, 0) is 9.84 Å². The summed E-state index contributed by atoms with van der Waals surface area (Å²) in [4.78, 5) is 0.230. The van der Waals surface area contributed by atoms with Gasteiger partial charge in [-0.2, -0.15) is 0 Å². The van der Waals surface area contributed by atoms with Crippen LogP contribution in [0.5, 0.6) is 5.75 Å². The number of ether oxygens (including phenoxy) is 1. The van der Waals surface area contributed by atoms with Crippen LogP contribution >= 0.6 is 0 Å². The molecule has 0 saturated heterocycles. The second-order valence-electron chi connectivity index (χ2n) is 4.06. The van der Waals surface area contributed by atoms with Gasteiger partial charge in [-0.3, -0.25) is 0 Å². The summed E-state index contributed by atoms with van der Waals surface area (Å²) in [7, 11) is -3.44. The number of aliphatic hydroxyl groups is 1. The Bertz CT molecular complexity index is 624. The van der Waals surface area contributed by atoms with Gasteiger partial charge in [0.25, 0.3) is 0 Å². The van der Waals surface area contributed by atoms with E-state index in [9.17, 15) is 13.5 Å². The highest BCUT2D eigenvalue weighted by Crippen LogP contribution is 2.24. The van der Waals surface area contributed by atoms with Crippen LogP contribution in [0, 0.1) is 0 Å². The maximum absolute atomic E-state index is 12.3. The van der Waals surface area contributed by atoms with Gasteiger partial charge in [-0.1, -0.05) is 12.7 Å². The zero-order valence-electron chi connectivity index (χ0n) is 10.2. The molecule has 0 amide bonds. The summed E-state index contributed by atoms with van der Waals surface area (Å²) in [6.07, 6.45) is 5.95. The van der Waals surface area contributed by atoms with E-state index < -0.39 is 15.1 Å². The fourth-order valence-corrected chi connectivity index (χ4v) is 3.30. The van der Waals surface area contributed by atoms with Gasteiger partial charge >= 0.3 is 0 Å². The first-order chi connectivity index (χ1) is 9.04. The van der Waals surface area contributed by atoms with Crippen molar-refractivity contribution in [3.63, 3.8) is 0 Å². The number of hydrogen-bond donors (Lipinski definition) is 1. The van der Waals surface area contributed by atoms with Gasteiger partial charge in [-0.15, -0.1) is 0 Å². The predicted octanol–water partition coefficient (Wildman–Crippen LogP) is 2.75. The Morgan fingerprint density at radius 2 is 2.00 bits per heavy atom. The van der Waals surface area contributed by atoms with Crippen LogP contribution in [0.25, 0.3) is 0 Å². The minimum atomic E-state index is -3.44. The van der Waals surface area contributed by atoms with Gasteiger partial charge in [-0.05, 0) is 42.8 Å². The number of aliphatic hydroxyl groups excluding tert-OH is 1. The van der Waals surface area contributed by atoms with Crippen molar-refractivity contribution in [1.82, 2.24) is 0 Å². The summed E-state index contributed by atoms with van der Waals surface area (Å²) in [6.45, 7) is 3.43. The van der Waals surface area contributed by atoms with Crippen LogP contribution in [0.4, 0.5) is 0 Å². The molecule has 1 aliphatic rings. The summed E-state index contributed by atoms with van der Waals surface area (Å²) in [5.41, 5.74) is 0. The number of rotatable bonds is 4. The van der Waals surface area contributed by atoms with E-state index in [1.807, 2.05) is 0 Å². The van der Waals surface area contributed by atoms with Gasteiger partial charge in [-0.25, -0.2) is 8.42 Å². The molecule has 0 spiro atoms. The largest absolute Gasteiger partial charge is 0.508 e. The van der Waals surface area contributed by atoms with Gasteiger partial charge < -0.3 is 9.84 Å². The Balaban J connectivity index is 2.25. The number of hydrogen-bond acceptors (Lipinski definition) is 4. The fourth-order valence-electron chi connectivity index (χ4n) is 1.80. The molecule has 0 aliphatic heterocycles. The second kappa shape index (κ2) is 5.32. The summed E-state index contributed by atoms with van der Waals surface area (Å²) in [5, 5.41) is 8.57. The van der Waals surface area contributed by atoms with E-state index in [0.717, 1.165) is 0 Å². The minimum absolute atomic E-state index is 0.0983. The maximum atomic E-state index is 12.3. The SMILES string of the molecule is C=COc1ccc(S(=O)(=O)C2C=CC(O)=CC2)cc1. The smallest absolute Gasteiger partial charge is 0.185 e. The first-order valence-corrected chi connectivity index (χ1v) is 7.27. The molecule has 0 saturated carbocycles. The lowest BCUT2D eigenvalue weighted by Gasteiger charge is -2.15. The van der Waals surface area contributed by atoms with E-state index in [1.54, 1.807) is 12.1 Å². The molecule has 1 N–H and O–H groups in total. The van der Waals surface area contributed by atoms with Crippen LogP contribution in [0.1, 0.15) is 6.42 Å². The van der Waals surface area contributed by atoms with E-state index in [2.05, 4.69) is 6.58 Å². The first kappa shape index (κ1) is 13.4. The molecule has 1 aliphatic carbocycles.